The molecule has 3 nitrogen and oxygen atoms in total. The highest BCUT2D eigenvalue weighted by atomic mass is 35.5. The van der Waals surface area contributed by atoms with Crippen LogP contribution in [0.25, 0.3) is 0 Å². The van der Waals surface area contributed by atoms with Crippen molar-refractivity contribution >= 4 is 58.2 Å². The van der Waals surface area contributed by atoms with Gasteiger partial charge in [0.2, 0.25) is 0 Å². The topological polar surface area (TPSA) is 37.4 Å². The molecule has 1 aromatic rings. The minimum Gasteiger partial charge on any atom is -0.274 e. The third-order valence-electron chi connectivity index (χ3n) is 3.35. The first-order chi connectivity index (χ1) is 9.97. The van der Waals surface area contributed by atoms with Crippen LogP contribution < -0.4 is 0 Å². The van der Waals surface area contributed by atoms with Gasteiger partial charge in [0.05, 0.1) is 27.3 Å². The van der Waals surface area contributed by atoms with Gasteiger partial charge in [-0.3, -0.25) is 14.5 Å². The Morgan fingerprint density at radius 2 is 1.48 bits per heavy atom. The molecule has 1 aromatic carbocycles. The van der Waals surface area contributed by atoms with Crippen LogP contribution in [0.1, 0.15) is 27.1 Å². The minimum absolute atomic E-state index is 0.186. The van der Waals surface area contributed by atoms with Crippen molar-refractivity contribution in [3.8, 4) is 0 Å². The van der Waals surface area contributed by atoms with E-state index >= 15 is 0 Å². The number of hydrogen-bond acceptors (Lipinski definition) is 2. The van der Waals surface area contributed by atoms with E-state index in [4.69, 9.17) is 46.4 Å². The zero-order valence-electron chi connectivity index (χ0n) is 10.9. The number of alkyl halides is 4. The average Bonchev–Trinajstić information content (AvgIpc) is 2.75. The maximum atomic E-state index is 12.2. The highest BCUT2D eigenvalue weighted by Crippen LogP contribution is 2.26. The van der Waals surface area contributed by atoms with Crippen LogP contribution in [0.5, 0.6) is 0 Å². The summed E-state index contributed by atoms with van der Waals surface area (Å²) in [6.07, 6.45) is 0.362. The molecule has 3 unspecified atom stereocenters. The summed E-state index contributed by atoms with van der Waals surface area (Å²) in [4.78, 5) is 25.5. The lowest BCUT2D eigenvalue weighted by molar-refractivity contribution is 0.0652. The van der Waals surface area contributed by atoms with Gasteiger partial charge in [-0.2, -0.15) is 0 Å². The quantitative estimate of drug-likeness (QED) is 0.566. The summed E-state index contributed by atoms with van der Waals surface area (Å²) in [7, 11) is 0. The Hall–Kier alpha value is -0.480. The number of carbonyl (C=O) groups excluding carboxylic acids is 2. The minimum atomic E-state index is -0.527. The van der Waals surface area contributed by atoms with Crippen molar-refractivity contribution in [3.63, 3.8) is 0 Å². The zero-order chi connectivity index (χ0) is 15.6. The van der Waals surface area contributed by atoms with E-state index in [1.807, 2.05) is 0 Å². The molecule has 0 saturated heterocycles. The number of fused-ring (bicyclic) bond motifs is 1. The van der Waals surface area contributed by atoms with Crippen LogP contribution in [-0.4, -0.2) is 45.3 Å². The summed E-state index contributed by atoms with van der Waals surface area (Å²) in [5, 5.41) is -1.46. The van der Waals surface area contributed by atoms with Crippen molar-refractivity contribution in [2.24, 2.45) is 0 Å². The molecule has 0 radical (unpaired) electrons. The van der Waals surface area contributed by atoms with Gasteiger partial charge < -0.3 is 0 Å². The zero-order valence-corrected chi connectivity index (χ0v) is 14.0. The molecule has 0 aliphatic carbocycles. The second kappa shape index (κ2) is 7.19. The Kier molecular flexibility index (Phi) is 5.78. The lowest BCUT2D eigenvalue weighted by Crippen LogP contribution is -2.35. The van der Waals surface area contributed by atoms with E-state index in [0.29, 0.717) is 17.5 Å². The summed E-state index contributed by atoms with van der Waals surface area (Å²) in [6, 6.07) is 6.73. The molecule has 0 saturated carbocycles. The molecule has 2 rings (SSSR count). The highest BCUT2D eigenvalue weighted by molar-refractivity contribution is 6.37. The van der Waals surface area contributed by atoms with Crippen molar-refractivity contribution in [1.82, 2.24) is 4.90 Å². The normalized spacial score (nSPS) is 18.6. The average molecular weight is 369 g/mol. The standard InChI is InChI=1S/C14H13Cl4NO2/c15-7-11(17)12(18)10(16)5-6-19-13(20)8-3-1-2-4-9(8)14(19)21/h1-4,10-12H,5-7H2. The van der Waals surface area contributed by atoms with Gasteiger partial charge in [0, 0.05) is 12.4 Å². The van der Waals surface area contributed by atoms with Crippen LogP contribution in [0.2, 0.25) is 0 Å². The van der Waals surface area contributed by atoms with Gasteiger partial charge in [0.1, 0.15) is 0 Å². The fraction of sp³-hybridized carbons (Fsp3) is 0.429. The number of halogens is 4. The van der Waals surface area contributed by atoms with E-state index in [1.54, 1.807) is 24.3 Å². The molecule has 1 aliphatic rings. The SMILES string of the molecule is O=C1c2ccccc2C(=O)N1CCC(Cl)C(Cl)C(Cl)CCl. The fourth-order valence-corrected chi connectivity index (χ4v) is 3.19. The number of imide groups is 1. The van der Waals surface area contributed by atoms with Gasteiger partial charge in [-0.05, 0) is 18.6 Å². The van der Waals surface area contributed by atoms with Crippen LogP contribution in [0, 0.1) is 0 Å². The van der Waals surface area contributed by atoms with E-state index in [-0.39, 0.29) is 24.2 Å². The summed E-state index contributed by atoms with van der Waals surface area (Å²) < 4.78 is 0. The highest BCUT2D eigenvalue weighted by Gasteiger charge is 2.35. The van der Waals surface area contributed by atoms with Gasteiger partial charge in [0.25, 0.3) is 11.8 Å². The second-order valence-electron chi connectivity index (χ2n) is 4.73. The lowest BCUT2D eigenvalue weighted by Gasteiger charge is -2.21. The lowest BCUT2D eigenvalue weighted by atomic mass is 10.1. The fourth-order valence-electron chi connectivity index (χ4n) is 2.17. The van der Waals surface area contributed by atoms with E-state index in [0.717, 1.165) is 0 Å². The van der Waals surface area contributed by atoms with Crippen molar-refractivity contribution in [3.05, 3.63) is 35.4 Å². The van der Waals surface area contributed by atoms with Gasteiger partial charge in [0.15, 0.2) is 0 Å². The number of nitrogens with zero attached hydrogens (tertiary/aromatic N) is 1. The Labute approximate surface area is 143 Å². The van der Waals surface area contributed by atoms with Crippen LogP contribution in [0.3, 0.4) is 0 Å². The number of benzene rings is 1. The third-order valence-corrected chi connectivity index (χ3v) is 5.62. The molecule has 1 aliphatic heterocycles. The van der Waals surface area contributed by atoms with Crippen molar-refractivity contribution in [2.45, 2.75) is 22.6 Å². The van der Waals surface area contributed by atoms with Crippen LogP contribution in [0.15, 0.2) is 24.3 Å². The molecule has 0 spiro atoms. The number of amides is 2. The van der Waals surface area contributed by atoms with Crippen molar-refractivity contribution < 1.29 is 9.59 Å². The third kappa shape index (κ3) is 3.48. The Morgan fingerprint density at radius 3 is 1.95 bits per heavy atom. The number of hydrogen-bond donors (Lipinski definition) is 0. The number of rotatable bonds is 6. The maximum Gasteiger partial charge on any atom is 0.261 e. The molecule has 7 heteroatoms. The first-order valence-electron chi connectivity index (χ1n) is 6.40. The predicted octanol–water partition coefficient (Wildman–Crippen LogP) is 3.73. The smallest absolute Gasteiger partial charge is 0.261 e. The van der Waals surface area contributed by atoms with Crippen molar-refractivity contribution in [1.29, 1.82) is 0 Å². The van der Waals surface area contributed by atoms with Crippen LogP contribution >= 0.6 is 46.4 Å². The Morgan fingerprint density at radius 1 is 0.952 bits per heavy atom. The molecular formula is C14H13Cl4NO2. The van der Waals surface area contributed by atoms with Gasteiger partial charge in [-0.25, -0.2) is 0 Å². The first kappa shape index (κ1) is 16.9. The molecule has 0 N–H and O–H groups in total. The molecule has 114 valence electrons. The summed E-state index contributed by atoms with van der Waals surface area (Å²) in [6.45, 7) is 0.204. The Bertz CT molecular complexity index is 517. The summed E-state index contributed by atoms with van der Waals surface area (Å²) in [5.41, 5.74) is 0.846. The molecule has 0 fully saturated rings. The van der Waals surface area contributed by atoms with E-state index in [9.17, 15) is 9.59 Å². The molecule has 1 heterocycles. The summed E-state index contributed by atoms with van der Waals surface area (Å²) >= 11 is 23.8. The molecule has 0 aromatic heterocycles. The van der Waals surface area contributed by atoms with Crippen LogP contribution in [-0.2, 0) is 0 Å². The molecule has 3 atom stereocenters. The second-order valence-corrected chi connectivity index (χ2v) is 6.66. The number of carbonyl (C=O) groups is 2. The largest absolute Gasteiger partial charge is 0.274 e. The van der Waals surface area contributed by atoms with E-state index in [2.05, 4.69) is 0 Å². The van der Waals surface area contributed by atoms with Crippen LogP contribution in [0.4, 0.5) is 0 Å². The van der Waals surface area contributed by atoms with Crippen molar-refractivity contribution in [2.75, 3.05) is 12.4 Å². The molecule has 21 heavy (non-hydrogen) atoms. The van der Waals surface area contributed by atoms with E-state index < -0.39 is 16.1 Å². The van der Waals surface area contributed by atoms with E-state index in [1.165, 1.54) is 4.90 Å². The summed E-state index contributed by atoms with van der Waals surface area (Å²) in [5.74, 6) is -0.415. The molecular weight excluding hydrogens is 356 g/mol. The first-order valence-corrected chi connectivity index (χ1v) is 8.25. The molecule has 0 bridgehead atoms. The van der Waals surface area contributed by atoms with Gasteiger partial charge >= 0.3 is 0 Å². The van der Waals surface area contributed by atoms with Gasteiger partial charge in [-0.1, -0.05) is 12.1 Å². The Balaban J connectivity index is 2.00. The monoisotopic (exact) mass is 367 g/mol. The van der Waals surface area contributed by atoms with Gasteiger partial charge in [-0.15, -0.1) is 46.4 Å². The molecule has 2 amide bonds. The predicted molar refractivity (Wildman–Crippen MR) is 86.1 cm³/mol. The maximum absolute atomic E-state index is 12.2.